The fraction of sp³-hybridized carbons (Fsp3) is 0.389. The summed E-state index contributed by atoms with van der Waals surface area (Å²) in [6, 6.07) is 5.48. The molecule has 7 heteroatoms. The van der Waals surface area contributed by atoms with Gasteiger partial charge in [0.25, 0.3) is 0 Å². The highest BCUT2D eigenvalue weighted by atomic mass is 16.5. The van der Waals surface area contributed by atoms with Crippen LogP contribution in [0.1, 0.15) is 19.4 Å². The van der Waals surface area contributed by atoms with Crippen molar-refractivity contribution in [2.45, 2.75) is 26.3 Å². The average Bonchev–Trinajstić information content (AvgIpc) is 2.59. The van der Waals surface area contributed by atoms with Gasteiger partial charge in [0, 0.05) is 29.9 Å². The molecule has 0 aliphatic rings. The molecule has 1 aromatic heterocycles. The Morgan fingerprint density at radius 1 is 1.20 bits per heavy atom. The van der Waals surface area contributed by atoms with E-state index in [4.69, 9.17) is 13.9 Å². The van der Waals surface area contributed by atoms with Gasteiger partial charge in [0.2, 0.25) is 5.91 Å². The van der Waals surface area contributed by atoms with Crippen LogP contribution >= 0.6 is 0 Å². The minimum Gasteiger partial charge on any atom is -0.497 e. The van der Waals surface area contributed by atoms with Crippen molar-refractivity contribution in [3.05, 3.63) is 40.2 Å². The smallest absolute Gasteiger partial charge is 0.336 e. The summed E-state index contributed by atoms with van der Waals surface area (Å²) in [6.07, 6.45) is 0.111. The summed E-state index contributed by atoms with van der Waals surface area (Å²) in [6.45, 7) is 3.45. The Morgan fingerprint density at radius 3 is 2.52 bits per heavy atom. The van der Waals surface area contributed by atoms with E-state index in [9.17, 15) is 14.4 Å². The summed E-state index contributed by atoms with van der Waals surface area (Å²) in [5, 5.41) is 3.31. The maximum absolute atomic E-state index is 12.0. The van der Waals surface area contributed by atoms with Gasteiger partial charge in [0.15, 0.2) is 0 Å². The first-order valence-electron chi connectivity index (χ1n) is 7.84. The number of ether oxygens (including phenoxy) is 2. The Morgan fingerprint density at radius 2 is 1.92 bits per heavy atom. The second-order valence-electron chi connectivity index (χ2n) is 5.90. The van der Waals surface area contributed by atoms with Crippen LogP contribution in [0.15, 0.2) is 33.5 Å². The van der Waals surface area contributed by atoms with E-state index in [0.29, 0.717) is 22.3 Å². The molecule has 1 N–H and O–H groups in total. The molecule has 0 saturated carbocycles. The van der Waals surface area contributed by atoms with E-state index < -0.39 is 17.6 Å². The maximum Gasteiger partial charge on any atom is 0.336 e. The molecule has 0 unspecified atom stereocenters. The van der Waals surface area contributed by atoms with Gasteiger partial charge in [0.1, 0.15) is 17.4 Å². The number of fused-ring (bicyclic) bond motifs is 1. The molecule has 134 valence electrons. The van der Waals surface area contributed by atoms with Crippen LogP contribution in [0.4, 0.5) is 0 Å². The predicted molar refractivity (Wildman–Crippen MR) is 91.5 cm³/mol. The summed E-state index contributed by atoms with van der Waals surface area (Å²) in [4.78, 5) is 35.8. The summed E-state index contributed by atoms with van der Waals surface area (Å²) in [5.41, 5.74) is 0.378. The number of amides is 1. The molecule has 0 aliphatic carbocycles. The largest absolute Gasteiger partial charge is 0.497 e. The zero-order valence-corrected chi connectivity index (χ0v) is 14.6. The Hall–Kier alpha value is -2.83. The number of carbonyl (C=O) groups excluding carboxylic acids is 2. The van der Waals surface area contributed by atoms with Gasteiger partial charge in [-0.1, -0.05) is 13.8 Å². The molecule has 2 aromatic rings. The minimum absolute atomic E-state index is 0.111. The normalized spacial score (nSPS) is 12.0. The zero-order chi connectivity index (χ0) is 18.6. The van der Waals surface area contributed by atoms with Crippen LogP contribution in [0.3, 0.4) is 0 Å². The second kappa shape index (κ2) is 7.83. The quantitative estimate of drug-likeness (QED) is 0.631. The van der Waals surface area contributed by atoms with Gasteiger partial charge in [-0.3, -0.25) is 4.79 Å². The van der Waals surface area contributed by atoms with Gasteiger partial charge < -0.3 is 19.2 Å². The molecule has 1 atom stereocenters. The fourth-order valence-corrected chi connectivity index (χ4v) is 2.40. The van der Waals surface area contributed by atoms with Crippen LogP contribution < -0.4 is 15.7 Å². The standard InChI is InChI=1S/C18H21NO6/c1-10(2)17(21)19-14(18(22)24-4)7-11-8-16(20)25-15-9-12(23-3)5-6-13(11)15/h5-6,8-10,14H,7H2,1-4H3,(H,19,21)/t14-/m0/s1. The number of benzene rings is 1. The minimum atomic E-state index is -0.896. The van der Waals surface area contributed by atoms with E-state index >= 15 is 0 Å². The molecule has 25 heavy (non-hydrogen) atoms. The van der Waals surface area contributed by atoms with Gasteiger partial charge >= 0.3 is 11.6 Å². The average molecular weight is 347 g/mol. The number of methoxy groups -OCH3 is 2. The van der Waals surface area contributed by atoms with Crippen LogP contribution in [0, 0.1) is 5.92 Å². The molecule has 0 spiro atoms. The third-order valence-corrected chi connectivity index (χ3v) is 3.79. The fourth-order valence-electron chi connectivity index (χ4n) is 2.40. The van der Waals surface area contributed by atoms with E-state index in [1.807, 2.05) is 0 Å². The molecule has 7 nitrogen and oxygen atoms in total. The van der Waals surface area contributed by atoms with Gasteiger partial charge in [0.05, 0.1) is 14.2 Å². The van der Waals surface area contributed by atoms with Crippen molar-refractivity contribution >= 4 is 22.8 Å². The van der Waals surface area contributed by atoms with E-state index in [-0.39, 0.29) is 18.2 Å². The van der Waals surface area contributed by atoms with E-state index in [2.05, 4.69) is 5.32 Å². The van der Waals surface area contributed by atoms with Gasteiger partial charge in [-0.2, -0.15) is 0 Å². The molecule has 1 amide bonds. The number of rotatable bonds is 6. The van der Waals surface area contributed by atoms with Gasteiger partial charge in [-0.05, 0) is 17.7 Å². The molecule has 0 saturated heterocycles. The van der Waals surface area contributed by atoms with Crippen LogP contribution in [0.5, 0.6) is 5.75 Å². The van der Waals surface area contributed by atoms with Crippen LogP contribution in [-0.4, -0.2) is 32.1 Å². The van der Waals surface area contributed by atoms with E-state index in [1.165, 1.54) is 20.3 Å². The Kier molecular flexibility index (Phi) is 5.80. The van der Waals surface area contributed by atoms with Gasteiger partial charge in [-0.25, -0.2) is 9.59 Å². The van der Waals surface area contributed by atoms with Crippen LogP contribution in [-0.2, 0) is 20.7 Å². The molecule has 0 aliphatic heterocycles. The third kappa shape index (κ3) is 4.37. The van der Waals surface area contributed by atoms with Crippen molar-refractivity contribution in [3.8, 4) is 5.75 Å². The number of hydrogen-bond acceptors (Lipinski definition) is 6. The predicted octanol–water partition coefficient (Wildman–Crippen LogP) is 1.66. The lowest BCUT2D eigenvalue weighted by atomic mass is 10.0. The van der Waals surface area contributed by atoms with Crippen molar-refractivity contribution < 1.29 is 23.5 Å². The summed E-state index contributed by atoms with van der Waals surface area (Å²) >= 11 is 0. The second-order valence-corrected chi connectivity index (χ2v) is 5.90. The third-order valence-electron chi connectivity index (χ3n) is 3.79. The van der Waals surface area contributed by atoms with Crippen molar-refractivity contribution in [2.75, 3.05) is 14.2 Å². The number of carbonyl (C=O) groups is 2. The zero-order valence-electron chi connectivity index (χ0n) is 14.6. The molecular formula is C18H21NO6. The molecule has 0 fully saturated rings. The molecule has 1 heterocycles. The summed E-state index contributed by atoms with van der Waals surface area (Å²) < 4.78 is 15.1. The first-order valence-corrected chi connectivity index (χ1v) is 7.84. The van der Waals surface area contributed by atoms with Crippen molar-refractivity contribution in [1.29, 1.82) is 0 Å². The number of hydrogen-bond donors (Lipinski definition) is 1. The SMILES string of the molecule is COC(=O)[C@H](Cc1cc(=O)oc2cc(OC)ccc12)NC(=O)C(C)C. The number of nitrogens with one attached hydrogen (secondary N) is 1. The molecule has 0 bridgehead atoms. The van der Waals surface area contributed by atoms with Crippen molar-refractivity contribution in [2.24, 2.45) is 5.92 Å². The highest BCUT2D eigenvalue weighted by Gasteiger charge is 2.24. The summed E-state index contributed by atoms with van der Waals surface area (Å²) in [7, 11) is 2.76. The molecule has 2 rings (SSSR count). The highest BCUT2D eigenvalue weighted by Crippen LogP contribution is 2.23. The monoisotopic (exact) mass is 347 g/mol. The Labute approximate surface area is 144 Å². The lowest BCUT2D eigenvalue weighted by molar-refractivity contribution is -0.145. The first kappa shape index (κ1) is 18.5. The molecule has 1 aromatic carbocycles. The maximum atomic E-state index is 12.0. The van der Waals surface area contributed by atoms with E-state index in [1.54, 1.807) is 32.0 Å². The lowest BCUT2D eigenvalue weighted by Crippen LogP contribution is -2.44. The van der Waals surface area contributed by atoms with Crippen molar-refractivity contribution in [3.63, 3.8) is 0 Å². The first-order chi connectivity index (χ1) is 11.8. The van der Waals surface area contributed by atoms with E-state index in [0.717, 1.165) is 0 Å². The summed E-state index contributed by atoms with van der Waals surface area (Å²) in [5.74, 6) is -0.590. The lowest BCUT2D eigenvalue weighted by Gasteiger charge is -2.18. The van der Waals surface area contributed by atoms with Gasteiger partial charge in [-0.15, -0.1) is 0 Å². The molecule has 0 radical (unpaired) electrons. The Bertz CT molecular complexity index is 839. The Balaban J connectivity index is 2.42. The van der Waals surface area contributed by atoms with Crippen LogP contribution in [0.25, 0.3) is 11.0 Å². The molecular weight excluding hydrogens is 326 g/mol. The van der Waals surface area contributed by atoms with Crippen molar-refractivity contribution in [1.82, 2.24) is 5.32 Å². The number of esters is 1. The highest BCUT2D eigenvalue weighted by molar-refractivity contribution is 5.87. The van der Waals surface area contributed by atoms with Crippen LogP contribution in [0.2, 0.25) is 0 Å². The topological polar surface area (TPSA) is 94.8 Å².